The molecular weight excluding hydrogens is 196 g/mol. The molecule has 2 heteroatoms. The predicted molar refractivity (Wildman–Crippen MR) is 67.2 cm³/mol. The van der Waals surface area contributed by atoms with Gasteiger partial charge in [-0.25, -0.2) is 0 Å². The molecule has 92 valence electrons. The second-order valence-corrected chi connectivity index (χ2v) is 6.63. The minimum atomic E-state index is 0.325. The Morgan fingerprint density at radius 2 is 1.50 bits per heavy atom. The molecule has 3 aliphatic carbocycles. The van der Waals surface area contributed by atoms with Gasteiger partial charge >= 0.3 is 0 Å². The maximum absolute atomic E-state index is 6.10. The van der Waals surface area contributed by atoms with Crippen LogP contribution in [0.2, 0.25) is 0 Å². The summed E-state index contributed by atoms with van der Waals surface area (Å²) >= 11 is 0. The van der Waals surface area contributed by atoms with Gasteiger partial charge in [0.15, 0.2) is 0 Å². The Bertz CT molecular complexity index is 239. The molecule has 3 rings (SSSR count). The zero-order valence-electron chi connectivity index (χ0n) is 10.6. The van der Waals surface area contributed by atoms with Crippen LogP contribution >= 0.6 is 0 Å². The van der Waals surface area contributed by atoms with Crippen molar-refractivity contribution in [3.63, 3.8) is 0 Å². The van der Waals surface area contributed by atoms with E-state index in [1.807, 2.05) is 0 Å². The zero-order valence-corrected chi connectivity index (χ0v) is 10.6. The van der Waals surface area contributed by atoms with Crippen LogP contribution in [0.1, 0.15) is 45.4 Å². The van der Waals surface area contributed by atoms with Gasteiger partial charge in [-0.3, -0.25) is 4.90 Å². The van der Waals surface area contributed by atoms with Crippen LogP contribution in [-0.2, 0) is 0 Å². The first-order valence-corrected chi connectivity index (χ1v) is 7.17. The molecule has 0 radical (unpaired) electrons. The molecular formula is C14H26N2. The highest BCUT2D eigenvalue weighted by atomic mass is 15.2. The third kappa shape index (κ3) is 2.28. The fourth-order valence-corrected chi connectivity index (χ4v) is 2.98. The summed E-state index contributed by atoms with van der Waals surface area (Å²) in [6, 6.07) is 0. The summed E-state index contributed by atoms with van der Waals surface area (Å²) in [7, 11) is 0. The summed E-state index contributed by atoms with van der Waals surface area (Å²) in [5.74, 6) is 2.90. The van der Waals surface area contributed by atoms with Gasteiger partial charge < -0.3 is 5.73 Å². The van der Waals surface area contributed by atoms with Crippen molar-refractivity contribution in [2.75, 3.05) is 19.6 Å². The summed E-state index contributed by atoms with van der Waals surface area (Å²) in [4.78, 5) is 2.78. The average molecular weight is 222 g/mol. The summed E-state index contributed by atoms with van der Waals surface area (Å²) in [6.07, 6.45) is 8.69. The normalized spacial score (nSPS) is 29.4. The summed E-state index contributed by atoms with van der Waals surface area (Å²) in [5.41, 5.74) is 6.42. The molecule has 0 aromatic carbocycles. The van der Waals surface area contributed by atoms with E-state index < -0.39 is 0 Å². The van der Waals surface area contributed by atoms with E-state index in [0.717, 1.165) is 24.3 Å². The van der Waals surface area contributed by atoms with E-state index in [9.17, 15) is 0 Å². The molecule has 16 heavy (non-hydrogen) atoms. The standard InChI is InChI=1S/C14H26N2/c1-14(10-15,13-6-7-13)16(8-11-2-3-11)9-12-4-5-12/h11-13H,2-10,15H2,1H3. The number of rotatable bonds is 7. The van der Waals surface area contributed by atoms with E-state index >= 15 is 0 Å². The van der Waals surface area contributed by atoms with Crippen molar-refractivity contribution in [2.24, 2.45) is 23.5 Å². The summed E-state index contributed by atoms with van der Waals surface area (Å²) in [5, 5.41) is 0. The fourth-order valence-electron chi connectivity index (χ4n) is 2.98. The maximum Gasteiger partial charge on any atom is 0.0331 e. The van der Waals surface area contributed by atoms with Gasteiger partial charge in [0.25, 0.3) is 0 Å². The summed E-state index contributed by atoms with van der Waals surface area (Å²) in [6.45, 7) is 5.95. The molecule has 0 aliphatic heterocycles. The highest BCUT2D eigenvalue weighted by Gasteiger charge is 2.46. The highest BCUT2D eigenvalue weighted by Crippen LogP contribution is 2.45. The Balaban J connectivity index is 1.66. The van der Waals surface area contributed by atoms with Gasteiger partial charge in [0.05, 0.1) is 0 Å². The van der Waals surface area contributed by atoms with Crippen molar-refractivity contribution < 1.29 is 0 Å². The van der Waals surface area contributed by atoms with Gasteiger partial charge in [-0.05, 0) is 63.2 Å². The van der Waals surface area contributed by atoms with E-state index in [1.54, 1.807) is 0 Å². The largest absolute Gasteiger partial charge is 0.329 e. The first-order valence-electron chi connectivity index (χ1n) is 7.17. The quantitative estimate of drug-likeness (QED) is 0.716. The second-order valence-electron chi connectivity index (χ2n) is 6.63. The van der Waals surface area contributed by atoms with Crippen molar-refractivity contribution in [3.05, 3.63) is 0 Å². The minimum Gasteiger partial charge on any atom is -0.329 e. The number of nitrogens with zero attached hydrogens (tertiary/aromatic N) is 1. The zero-order chi connectivity index (χ0) is 11.2. The molecule has 0 heterocycles. The SMILES string of the molecule is CC(CN)(C1CC1)N(CC1CC1)CC1CC1. The smallest absolute Gasteiger partial charge is 0.0331 e. The molecule has 0 aromatic heterocycles. The molecule has 2 N–H and O–H groups in total. The maximum atomic E-state index is 6.10. The number of hydrogen-bond donors (Lipinski definition) is 1. The molecule has 0 saturated heterocycles. The lowest BCUT2D eigenvalue weighted by Crippen LogP contribution is -2.54. The van der Waals surface area contributed by atoms with Crippen LogP contribution in [0.3, 0.4) is 0 Å². The van der Waals surface area contributed by atoms with Crippen molar-refractivity contribution in [2.45, 2.75) is 51.0 Å². The third-order valence-corrected chi connectivity index (χ3v) is 4.94. The van der Waals surface area contributed by atoms with Crippen LogP contribution in [0.5, 0.6) is 0 Å². The first-order chi connectivity index (χ1) is 7.72. The van der Waals surface area contributed by atoms with Crippen molar-refractivity contribution >= 4 is 0 Å². The van der Waals surface area contributed by atoms with Crippen LogP contribution in [0.4, 0.5) is 0 Å². The molecule has 0 bridgehead atoms. The van der Waals surface area contributed by atoms with E-state index in [0.29, 0.717) is 5.54 Å². The van der Waals surface area contributed by atoms with E-state index in [2.05, 4.69) is 11.8 Å². The van der Waals surface area contributed by atoms with Crippen molar-refractivity contribution in [3.8, 4) is 0 Å². The molecule has 1 atom stereocenters. The Kier molecular flexibility index (Phi) is 2.75. The molecule has 1 unspecified atom stereocenters. The number of nitrogens with two attached hydrogens (primary N) is 1. The van der Waals surface area contributed by atoms with Crippen molar-refractivity contribution in [1.82, 2.24) is 4.90 Å². The van der Waals surface area contributed by atoms with Gasteiger partial charge in [0, 0.05) is 25.2 Å². The lowest BCUT2D eigenvalue weighted by molar-refractivity contribution is 0.0782. The molecule has 2 nitrogen and oxygen atoms in total. The number of hydrogen-bond acceptors (Lipinski definition) is 2. The fraction of sp³-hybridized carbons (Fsp3) is 1.00. The molecule has 0 spiro atoms. The van der Waals surface area contributed by atoms with Gasteiger partial charge in [0.2, 0.25) is 0 Å². The van der Waals surface area contributed by atoms with Gasteiger partial charge in [-0.2, -0.15) is 0 Å². The molecule has 0 amide bonds. The van der Waals surface area contributed by atoms with Crippen LogP contribution in [0.25, 0.3) is 0 Å². The predicted octanol–water partition coefficient (Wildman–Crippen LogP) is 2.24. The van der Waals surface area contributed by atoms with Crippen LogP contribution < -0.4 is 5.73 Å². The van der Waals surface area contributed by atoms with Crippen LogP contribution in [-0.4, -0.2) is 30.1 Å². The second kappa shape index (κ2) is 3.99. The average Bonchev–Trinajstić information content (AvgIpc) is 3.15. The lowest BCUT2D eigenvalue weighted by atomic mass is 9.92. The van der Waals surface area contributed by atoms with E-state index in [1.165, 1.54) is 51.6 Å². The molecule has 3 aliphatic rings. The molecule has 0 aromatic rings. The first kappa shape index (κ1) is 11.0. The monoisotopic (exact) mass is 222 g/mol. The van der Waals surface area contributed by atoms with E-state index in [-0.39, 0.29) is 0 Å². The van der Waals surface area contributed by atoms with Crippen LogP contribution in [0.15, 0.2) is 0 Å². The Labute approximate surface area is 99.6 Å². The minimum absolute atomic E-state index is 0.325. The Morgan fingerprint density at radius 1 is 1.00 bits per heavy atom. The third-order valence-electron chi connectivity index (χ3n) is 4.94. The van der Waals surface area contributed by atoms with Gasteiger partial charge in [-0.15, -0.1) is 0 Å². The van der Waals surface area contributed by atoms with Crippen molar-refractivity contribution in [1.29, 1.82) is 0 Å². The topological polar surface area (TPSA) is 29.3 Å². The molecule has 3 fully saturated rings. The van der Waals surface area contributed by atoms with Crippen LogP contribution in [0, 0.1) is 17.8 Å². The molecule has 3 saturated carbocycles. The summed E-state index contributed by atoms with van der Waals surface area (Å²) < 4.78 is 0. The highest BCUT2D eigenvalue weighted by molar-refractivity contribution is 5.02. The van der Waals surface area contributed by atoms with E-state index in [4.69, 9.17) is 5.73 Å². The Morgan fingerprint density at radius 3 is 1.81 bits per heavy atom. The Hall–Kier alpha value is -0.0800. The van der Waals surface area contributed by atoms with Gasteiger partial charge in [-0.1, -0.05) is 0 Å². The van der Waals surface area contributed by atoms with Gasteiger partial charge in [0.1, 0.15) is 0 Å². The lowest BCUT2D eigenvalue weighted by Gasteiger charge is -2.41.